The van der Waals surface area contributed by atoms with E-state index in [1.165, 1.54) is 6.07 Å². The van der Waals surface area contributed by atoms with Crippen LogP contribution in [0.2, 0.25) is 0 Å². The summed E-state index contributed by atoms with van der Waals surface area (Å²) in [4.78, 5) is 0. The van der Waals surface area contributed by atoms with E-state index in [1.54, 1.807) is 25.3 Å². The van der Waals surface area contributed by atoms with Crippen LogP contribution in [0.5, 0.6) is 5.75 Å². The topological polar surface area (TPSA) is 21.3 Å². The van der Waals surface area contributed by atoms with Crippen LogP contribution in [-0.2, 0) is 0 Å². The first kappa shape index (κ1) is 10.6. The third-order valence-electron chi connectivity index (χ3n) is 1.91. The second-order valence-corrected chi connectivity index (χ2v) is 3.01. The molecule has 0 heterocycles. The van der Waals surface area contributed by atoms with E-state index < -0.39 is 0 Å². The zero-order valence-electron chi connectivity index (χ0n) is 8.38. The second-order valence-electron chi connectivity index (χ2n) is 3.01. The SMILES string of the molecule is C=CC(C)Nc1cc(OC)ccc1F. The van der Waals surface area contributed by atoms with Gasteiger partial charge in [-0.3, -0.25) is 0 Å². The fourth-order valence-corrected chi connectivity index (χ4v) is 1.05. The molecule has 0 saturated carbocycles. The zero-order chi connectivity index (χ0) is 10.6. The zero-order valence-corrected chi connectivity index (χ0v) is 8.38. The van der Waals surface area contributed by atoms with Crippen molar-refractivity contribution in [1.82, 2.24) is 0 Å². The second kappa shape index (κ2) is 4.65. The van der Waals surface area contributed by atoms with E-state index in [-0.39, 0.29) is 11.9 Å². The average molecular weight is 195 g/mol. The Hall–Kier alpha value is -1.51. The highest BCUT2D eigenvalue weighted by Gasteiger charge is 2.05. The van der Waals surface area contributed by atoms with Crippen molar-refractivity contribution in [2.24, 2.45) is 0 Å². The number of ether oxygens (including phenoxy) is 1. The van der Waals surface area contributed by atoms with E-state index >= 15 is 0 Å². The number of nitrogens with one attached hydrogen (secondary N) is 1. The molecule has 0 saturated heterocycles. The molecule has 2 nitrogen and oxygen atoms in total. The standard InChI is InChI=1S/C11H14FNO/c1-4-8(2)13-11-7-9(14-3)5-6-10(11)12/h4-8,13H,1H2,2-3H3. The lowest BCUT2D eigenvalue weighted by molar-refractivity contribution is 0.414. The lowest BCUT2D eigenvalue weighted by Gasteiger charge is -2.12. The maximum Gasteiger partial charge on any atom is 0.146 e. The smallest absolute Gasteiger partial charge is 0.146 e. The van der Waals surface area contributed by atoms with Gasteiger partial charge in [-0.25, -0.2) is 4.39 Å². The molecular weight excluding hydrogens is 181 g/mol. The normalized spacial score (nSPS) is 11.9. The first-order valence-electron chi connectivity index (χ1n) is 4.40. The van der Waals surface area contributed by atoms with Crippen molar-refractivity contribution >= 4 is 5.69 Å². The maximum atomic E-state index is 13.3. The molecule has 0 aliphatic heterocycles. The van der Waals surface area contributed by atoms with E-state index in [2.05, 4.69) is 11.9 Å². The average Bonchev–Trinajstić information content (AvgIpc) is 2.21. The van der Waals surface area contributed by atoms with Gasteiger partial charge in [0.15, 0.2) is 0 Å². The molecule has 1 aromatic rings. The van der Waals surface area contributed by atoms with Crippen molar-refractivity contribution in [3.63, 3.8) is 0 Å². The van der Waals surface area contributed by atoms with Crippen LogP contribution in [0.25, 0.3) is 0 Å². The monoisotopic (exact) mass is 195 g/mol. The van der Waals surface area contributed by atoms with E-state index in [0.29, 0.717) is 11.4 Å². The van der Waals surface area contributed by atoms with E-state index in [4.69, 9.17) is 4.74 Å². The molecule has 1 N–H and O–H groups in total. The van der Waals surface area contributed by atoms with Crippen molar-refractivity contribution in [3.05, 3.63) is 36.7 Å². The van der Waals surface area contributed by atoms with E-state index in [9.17, 15) is 4.39 Å². The van der Waals surface area contributed by atoms with Crippen molar-refractivity contribution in [2.45, 2.75) is 13.0 Å². The third-order valence-corrected chi connectivity index (χ3v) is 1.91. The number of hydrogen-bond acceptors (Lipinski definition) is 2. The molecule has 1 rings (SSSR count). The molecule has 1 atom stereocenters. The molecule has 0 fully saturated rings. The highest BCUT2D eigenvalue weighted by atomic mass is 19.1. The van der Waals surface area contributed by atoms with E-state index in [0.717, 1.165) is 0 Å². The summed E-state index contributed by atoms with van der Waals surface area (Å²) in [7, 11) is 1.55. The highest BCUT2D eigenvalue weighted by molar-refractivity contribution is 5.50. The summed E-state index contributed by atoms with van der Waals surface area (Å²) in [6.07, 6.45) is 1.71. The summed E-state index contributed by atoms with van der Waals surface area (Å²) in [6, 6.07) is 4.60. The van der Waals surface area contributed by atoms with Crippen LogP contribution < -0.4 is 10.1 Å². The predicted molar refractivity (Wildman–Crippen MR) is 56.2 cm³/mol. The summed E-state index contributed by atoms with van der Waals surface area (Å²) < 4.78 is 18.2. The minimum atomic E-state index is -0.292. The molecule has 14 heavy (non-hydrogen) atoms. The fourth-order valence-electron chi connectivity index (χ4n) is 1.05. The van der Waals surface area contributed by atoms with Gasteiger partial charge >= 0.3 is 0 Å². The quantitative estimate of drug-likeness (QED) is 0.746. The molecule has 76 valence electrons. The minimum Gasteiger partial charge on any atom is -0.497 e. The Balaban J connectivity index is 2.88. The number of rotatable bonds is 4. The van der Waals surface area contributed by atoms with Crippen molar-refractivity contribution in [1.29, 1.82) is 0 Å². The van der Waals surface area contributed by atoms with Gasteiger partial charge in [-0.1, -0.05) is 6.08 Å². The van der Waals surface area contributed by atoms with Gasteiger partial charge in [-0.15, -0.1) is 6.58 Å². The summed E-state index contributed by atoms with van der Waals surface area (Å²) in [6.45, 7) is 5.51. The van der Waals surface area contributed by atoms with Gasteiger partial charge in [0.1, 0.15) is 11.6 Å². The van der Waals surface area contributed by atoms with Gasteiger partial charge in [0.05, 0.1) is 12.8 Å². The molecule has 0 aromatic heterocycles. The number of hydrogen-bond donors (Lipinski definition) is 1. The number of benzene rings is 1. The van der Waals surface area contributed by atoms with Crippen molar-refractivity contribution < 1.29 is 9.13 Å². The van der Waals surface area contributed by atoms with Gasteiger partial charge in [0.25, 0.3) is 0 Å². The molecule has 0 aliphatic rings. The van der Waals surface area contributed by atoms with Crippen molar-refractivity contribution in [3.8, 4) is 5.75 Å². The fraction of sp³-hybridized carbons (Fsp3) is 0.273. The molecule has 3 heteroatoms. The predicted octanol–water partition coefficient (Wildman–Crippen LogP) is 2.82. The van der Waals surface area contributed by atoms with Gasteiger partial charge in [0.2, 0.25) is 0 Å². The Labute approximate surface area is 83.4 Å². The molecule has 1 aromatic carbocycles. The third kappa shape index (κ3) is 2.49. The number of halogens is 1. The van der Waals surface area contributed by atoms with Crippen LogP contribution in [0, 0.1) is 5.82 Å². The maximum absolute atomic E-state index is 13.3. The lowest BCUT2D eigenvalue weighted by Crippen LogP contribution is -2.12. The molecule has 0 radical (unpaired) electrons. The lowest BCUT2D eigenvalue weighted by atomic mass is 10.2. The van der Waals surface area contributed by atoms with Crippen LogP contribution in [-0.4, -0.2) is 13.2 Å². The van der Waals surface area contributed by atoms with Gasteiger partial charge in [-0.2, -0.15) is 0 Å². The summed E-state index contributed by atoms with van der Waals surface area (Å²) in [5.41, 5.74) is 0.428. The van der Waals surface area contributed by atoms with Gasteiger partial charge in [0, 0.05) is 12.1 Å². The number of methoxy groups -OCH3 is 1. The molecule has 0 aliphatic carbocycles. The first-order valence-corrected chi connectivity index (χ1v) is 4.40. The minimum absolute atomic E-state index is 0.0246. The summed E-state index contributed by atoms with van der Waals surface area (Å²) >= 11 is 0. The molecule has 0 bridgehead atoms. The molecular formula is C11H14FNO. The summed E-state index contributed by atoms with van der Waals surface area (Å²) in [5, 5.41) is 2.96. The largest absolute Gasteiger partial charge is 0.497 e. The highest BCUT2D eigenvalue weighted by Crippen LogP contribution is 2.21. The molecule has 1 unspecified atom stereocenters. The van der Waals surface area contributed by atoms with Crippen LogP contribution in [0.4, 0.5) is 10.1 Å². The van der Waals surface area contributed by atoms with Gasteiger partial charge in [-0.05, 0) is 19.1 Å². The number of anilines is 1. The van der Waals surface area contributed by atoms with Crippen molar-refractivity contribution in [2.75, 3.05) is 12.4 Å². The van der Waals surface area contributed by atoms with Crippen LogP contribution in [0.15, 0.2) is 30.9 Å². The van der Waals surface area contributed by atoms with Crippen LogP contribution in [0.1, 0.15) is 6.92 Å². The Morgan fingerprint density at radius 1 is 1.57 bits per heavy atom. The Kier molecular flexibility index (Phi) is 3.51. The Morgan fingerprint density at radius 2 is 2.29 bits per heavy atom. The van der Waals surface area contributed by atoms with Crippen LogP contribution in [0.3, 0.4) is 0 Å². The van der Waals surface area contributed by atoms with Crippen LogP contribution >= 0.6 is 0 Å². The Bertz CT molecular complexity index is 325. The van der Waals surface area contributed by atoms with E-state index in [1.807, 2.05) is 6.92 Å². The molecule has 0 spiro atoms. The van der Waals surface area contributed by atoms with Gasteiger partial charge < -0.3 is 10.1 Å². The Morgan fingerprint density at radius 3 is 2.86 bits per heavy atom. The first-order chi connectivity index (χ1) is 6.67. The summed E-state index contributed by atoms with van der Waals surface area (Å²) in [5.74, 6) is 0.338. The molecule has 0 amide bonds.